The van der Waals surface area contributed by atoms with Gasteiger partial charge in [0.15, 0.2) is 0 Å². The van der Waals surface area contributed by atoms with Crippen LogP contribution in [0.3, 0.4) is 0 Å². The Hall–Kier alpha value is -4.43. The average molecular weight is 590 g/mol. The first-order chi connectivity index (χ1) is 20.1. The predicted octanol–water partition coefficient (Wildman–Crippen LogP) is 5.74. The van der Waals surface area contributed by atoms with Crippen molar-refractivity contribution in [2.75, 3.05) is 36.8 Å². The van der Waals surface area contributed by atoms with Crippen LogP contribution in [0.5, 0.6) is 17.2 Å². The number of fused-ring (bicyclic) bond motifs is 1. The van der Waals surface area contributed by atoms with Gasteiger partial charge < -0.3 is 30.3 Å². The van der Waals surface area contributed by atoms with Crippen molar-refractivity contribution in [1.82, 2.24) is 15.2 Å². The van der Waals surface area contributed by atoms with Crippen molar-refractivity contribution in [2.24, 2.45) is 0 Å². The number of nitrogens with zero attached hydrogens (tertiary/aromatic N) is 2. The molecule has 3 aromatic rings. The van der Waals surface area contributed by atoms with E-state index < -0.39 is 29.7 Å². The van der Waals surface area contributed by atoms with Crippen LogP contribution in [0.2, 0.25) is 0 Å². The van der Waals surface area contributed by atoms with Crippen molar-refractivity contribution < 1.29 is 41.4 Å². The molecule has 222 valence electrons. The van der Waals surface area contributed by atoms with E-state index in [0.29, 0.717) is 23.7 Å². The van der Waals surface area contributed by atoms with Gasteiger partial charge in [0, 0.05) is 42.8 Å². The highest BCUT2D eigenvalue weighted by Gasteiger charge is 2.54. The number of aromatic nitrogens is 1. The number of urea groups is 1. The first kappa shape index (κ1) is 29.1. The second kappa shape index (κ2) is 12.2. The maximum absolute atomic E-state index is 14.0. The molecule has 1 saturated heterocycles. The summed E-state index contributed by atoms with van der Waals surface area (Å²) in [4.78, 5) is 31.5. The van der Waals surface area contributed by atoms with E-state index in [0.717, 1.165) is 37.8 Å². The van der Waals surface area contributed by atoms with Gasteiger partial charge in [0.05, 0.1) is 5.56 Å². The summed E-state index contributed by atoms with van der Waals surface area (Å²) < 4.78 is 67.9. The number of carbonyl (C=O) groups is 2. The number of ether oxygens (including phenoxy) is 3. The molecule has 3 heterocycles. The largest absolute Gasteiger partial charge is 0.540 e. The van der Waals surface area contributed by atoms with Crippen LogP contribution in [0, 0.1) is 0 Å². The molecule has 0 saturated carbocycles. The van der Waals surface area contributed by atoms with Crippen molar-refractivity contribution in [2.45, 2.75) is 31.7 Å². The summed E-state index contributed by atoms with van der Waals surface area (Å²) in [5.41, 5.74) is -0.595. The fraction of sp³-hybridized carbons (Fsp3) is 0.321. The average Bonchev–Trinajstić information content (AvgIpc) is 2.93. The summed E-state index contributed by atoms with van der Waals surface area (Å²) in [6.07, 6.45) is -3.80. The van der Waals surface area contributed by atoms with Crippen LogP contribution in [0.25, 0.3) is 0 Å². The van der Waals surface area contributed by atoms with Gasteiger partial charge in [-0.2, -0.15) is 8.78 Å². The van der Waals surface area contributed by atoms with E-state index in [9.17, 15) is 27.2 Å². The van der Waals surface area contributed by atoms with E-state index in [4.69, 9.17) is 4.74 Å². The number of likely N-dealkylation sites (tertiary alicyclic amines) is 1. The van der Waals surface area contributed by atoms with Gasteiger partial charge in [-0.3, -0.25) is 9.78 Å². The maximum atomic E-state index is 14.0. The van der Waals surface area contributed by atoms with Gasteiger partial charge in [-0.05, 0) is 62.3 Å². The Morgan fingerprint density at radius 1 is 0.929 bits per heavy atom. The molecule has 2 aromatic carbocycles. The monoisotopic (exact) mass is 589 g/mol. The zero-order valence-corrected chi connectivity index (χ0v) is 22.2. The summed E-state index contributed by atoms with van der Waals surface area (Å²) in [6.45, 7) is 3.35. The van der Waals surface area contributed by atoms with Gasteiger partial charge in [-0.1, -0.05) is 12.5 Å². The Bertz CT molecular complexity index is 1450. The summed E-state index contributed by atoms with van der Waals surface area (Å²) in [5, 5.41) is 7.75. The summed E-state index contributed by atoms with van der Waals surface area (Å²) in [5.74, 6) is -0.422. The molecule has 42 heavy (non-hydrogen) atoms. The molecule has 1 aromatic heterocycles. The molecule has 3 N–H and O–H groups in total. The molecule has 5 rings (SSSR count). The second-order valence-corrected chi connectivity index (χ2v) is 9.64. The Morgan fingerprint density at radius 3 is 2.45 bits per heavy atom. The normalized spacial score (nSPS) is 17.3. The Labute approximate surface area is 238 Å². The van der Waals surface area contributed by atoms with E-state index in [1.807, 2.05) is 0 Å². The van der Waals surface area contributed by atoms with Crippen molar-refractivity contribution in [3.05, 3.63) is 72.1 Å². The lowest BCUT2D eigenvalue weighted by Gasteiger charge is -2.30. The minimum Gasteiger partial charge on any atom is -0.457 e. The highest BCUT2D eigenvalue weighted by molar-refractivity contribution is 6.00. The smallest absolute Gasteiger partial charge is 0.457 e. The number of alkyl halides is 4. The molecule has 3 amide bonds. The number of hydrogen-bond acceptors (Lipinski definition) is 7. The van der Waals surface area contributed by atoms with Crippen LogP contribution in [0.1, 0.15) is 35.3 Å². The SMILES string of the molecule is O=C(Nc1cccc(Oc2ccnc(C(=O)NCCN3CCCCC3)c2)c1)Nc1ccc2c(c1)C(F)(F)OC(F)(F)O2. The van der Waals surface area contributed by atoms with E-state index in [2.05, 4.69) is 35.3 Å². The fourth-order valence-corrected chi connectivity index (χ4v) is 4.54. The Balaban J connectivity index is 1.16. The number of nitrogens with one attached hydrogen (secondary N) is 3. The van der Waals surface area contributed by atoms with Crippen molar-refractivity contribution in [1.29, 1.82) is 0 Å². The van der Waals surface area contributed by atoms with Gasteiger partial charge in [-0.25, -0.2) is 9.53 Å². The standard InChI is InChI=1S/C28H27F4N5O5/c29-27(30)22-16-19(7-8-24(22)41-28(31,32)42-27)36-26(39)35-18-5-4-6-20(15-18)40-21-9-10-33-23(17-21)25(38)34-11-14-37-12-2-1-3-13-37/h4-10,15-17H,1-3,11-14H2,(H,34,38)(H2,35,36,39). The molecule has 0 bridgehead atoms. The van der Waals surface area contributed by atoms with Crippen LogP contribution in [-0.2, 0) is 10.8 Å². The van der Waals surface area contributed by atoms with Crippen molar-refractivity contribution >= 4 is 23.3 Å². The van der Waals surface area contributed by atoms with Crippen LogP contribution in [0.15, 0.2) is 60.8 Å². The summed E-state index contributed by atoms with van der Waals surface area (Å²) >= 11 is 0. The van der Waals surface area contributed by atoms with Crippen molar-refractivity contribution in [3.63, 3.8) is 0 Å². The maximum Gasteiger partial charge on any atom is 0.540 e. The highest BCUT2D eigenvalue weighted by Crippen LogP contribution is 2.46. The van der Waals surface area contributed by atoms with Crippen LogP contribution in [-0.4, -0.2) is 54.3 Å². The fourth-order valence-electron chi connectivity index (χ4n) is 4.54. The molecule has 10 nitrogen and oxygen atoms in total. The molecule has 0 atom stereocenters. The first-order valence-electron chi connectivity index (χ1n) is 13.2. The molecule has 0 aliphatic carbocycles. The van der Waals surface area contributed by atoms with Gasteiger partial charge in [0.1, 0.15) is 22.9 Å². The molecule has 0 unspecified atom stereocenters. The predicted molar refractivity (Wildman–Crippen MR) is 143 cm³/mol. The zero-order valence-electron chi connectivity index (χ0n) is 22.2. The zero-order chi connectivity index (χ0) is 29.7. The number of carbonyl (C=O) groups excluding carboxylic acids is 2. The molecule has 2 aliphatic heterocycles. The lowest BCUT2D eigenvalue weighted by atomic mass is 10.1. The van der Waals surface area contributed by atoms with E-state index in [1.165, 1.54) is 37.6 Å². The van der Waals surface area contributed by atoms with E-state index in [1.54, 1.807) is 24.3 Å². The number of piperidine rings is 1. The van der Waals surface area contributed by atoms with Gasteiger partial charge in [0.25, 0.3) is 5.91 Å². The highest BCUT2D eigenvalue weighted by atomic mass is 19.3. The molecule has 2 aliphatic rings. The number of hydrogen-bond donors (Lipinski definition) is 3. The minimum atomic E-state index is -4.49. The minimum absolute atomic E-state index is 0.116. The third-order valence-electron chi connectivity index (χ3n) is 6.48. The number of benzene rings is 2. The molecule has 1 fully saturated rings. The number of amides is 3. The van der Waals surface area contributed by atoms with Crippen LogP contribution in [0.4, 0.5) is 33.7 Å². The van der Waals surface area contributed by atoms with E-state index >= 15 is 0 Å². The number of halogens is 4. The molecular formula is C28H27F4N5O5. The van der Waals surface area contributed by atoms with E-state index in [-0.39, 0.29) is 17.3 Å². The quantitative estimate of drug-likeness (QED) is 0.287. The third-order valence-corrected chi connectivity index (χ3v) is 6.48. The number of anilines is 2. The van der Waals surface area contributed by atoms with Crippen LogP contribution >= 0.6 is 0 Å². The summed E-state index contributed by atoms with van der Waals surface area (Å²) in [7, 11) is 0. The molecular weight excluding hydrogens is 562 g/mol. The lowest BCUT2D eigenvalue weighted by Crippen LogP contribution is -2.41. The number of pyridine rings is 1. The van der Waals surface area contributed by atoms with Gasteiger partial charge >= 0.3 is 18.4 Å². The number of rotatable bonds is 8. The van der Waals surface area contributed by atoms with Gasteiger partial charge in [-0.15, -0.1) is 8.78 Å². The lowest BCUT2D eigenvalue weighted by molar-refractivity contribution is -0.461. The Morgan fingerprint density at radius 2 is 1.67 bits per heavy atom. The topological polar surface area (TPSA) is 114 Å². The van der Waals surface area contributed by atoms with Crippen molar-refractivity contribution in [3.8, 4) is 17.2 Å². The first-order valence-corrected chi connectivity index (χ1v) is 13.2. The second-order valence-electron chi connectivity index (χ2n) is 9.64. The third kappa shape index (κ3) is 7.44. The Kier molecular flexibility index (Phi) is 8.45. The van der Waals surface area contributed by atoms with Gasteiger partial charge in [0.2, 0.25) is 0 Å². The summed E-state index contributed by atoms with van der Waals surface area (Å²) in [6, 6.07) is 11.3. The molecule has 14 heteroatoms. The van der Waals surface area contributed by atoms with Crippen LogP contribution < -0.4 is 25.4 Å². The molecule has 0 spiro atoms. The molecule has 0 radical (unpaired) electrons.